The van der Waals surface area contributed by atoms with Gasteiger partial charge < -0.3 is 15.2 Å². The maximum absolute atomic E-state index is 11.8. The second kappa shape index (κ2) is 5.04. The van der Waals surface area contributed by atoms with Crippen LogP contribution in [0.4, 0.5) is 0 Å². The molecule has 0 radical (unpaired) electrons. The van der Waals surface area contributed by atoms with Crippen molar-refractivity contribution in [2.45, 2.75) is 45.6 Å². The van der Waals surface area contributed by atoms with Crippen LogP contribution in [-0.4, -0.2) is 35.7 Å². The van der Waals surface area contributed by atoms with Gasteiger partial charge in [0, 0.05) is 13.0 Å². The molecule has 1 amide bonds. The van der Waals surface area contributed by atoms with E-state index in [1.807, 2.05) is 6.92 Å². The van der Waals surface area contributed by atoms with Gasteiger partial charge in [0.15, 0.2) is 0 Å². The van der Waals surface area contributed by atoms with E-state index in [0.29, 0.717) is 13.2 Å². The van der Waals surface area contributed by atoms with Crippen molar-refractivity contribution < 1.29 is 19.4 Å². The predicted molar refractivity (Wildman–Crippen MR) is 62.6 cm³/mol. The fourth-order valence-electron chi connectivity index (χ4n) is 2.05. The predicted octanol–water partition coefficient (Wildman–Crippen LogP) is 1.17. The fourth-order valence-corrected chi connectivity index (χ4v) is 2.05. The highest BCUT2D eigenvalue weighted by molar-refractivity contribution is 5.78. The molecule has 0 aromatic carbocycles. The Hall–Kier alpha value is -1.10. The molecule has 1 aliphatic heterocycles. The Bertz CT molecular complexity index is 306. The maximum Gasteiger partial charge on any atom is 0.303 e. The first-order chi connectivity index (χ1) is 7.72. The number of carbonyl (C=O) groups is 2. The molecule has 1 aliphatic rings. The van der Waals surface area contributed by atoms with E-state index in [-0.39, 0.29) is 24.3 Å². The summed E-state index contributed by atoms with van der Waals surface area (Å²) in [6.07, 6.45) is 1.01. The highest BCUT2D eigenvalue weighted by atomic mass is 16.5. The molecule has 17 heavy (non-hydrogen) atoms. The molecule has 1 unspecified atom stereocenters. The van der Waals surface area contributed by atoms with Crippen molar-refractivity contribution in [1.29, 1.82) is 0 Å². The minimum absolute atomic E-state index is 0.00632. The van der Waals surface area contributed by atoms with E-state index >= 15 is 0 Å². The first-order valence-corrected chi connectivity index (χ1v) is 5.83. The molecule has 2 N–H and O–H groups in total. The number of hydrogen-bond donors (Lipinski definition) is 2. The van der Waals surface area contributed by atoms with Crippen LogP contribution < -0.4 is 5.32 Å². The number of hydrogen-bond acceptors (Lipinski definition) is 3. The number of nitrogens with one attached hydrogen (secondary N) is 1. The standard InChI is InChI=1S/C12H21NO4/c1-11(2,7-10(15)16)6-9(14)13-12(3)4-5-17-8-12/h4-8H2,1-3H3,(H,13,14)(H,15,16). The number of ether oxygens (including phenoxy) is 1. The first-order valence-electron chi connectivity index (χ1n) is 5.83. The minimum Gasteiger partial charge on any atom is -0.481 e. The molecule has 0 aromatic rings. The van der Waals surface area contributed by atoms with Gasteiger partial charge in [0.2, 0.25) is 5.91 Å². The monoisotopic (exact) mass is 243 g/mol. The number of aliphatic carboxylic acids is 1. The number of carboxylic acids is 1. The molecule has 0 spiro atoms. The molecule has 1 fully saturated rings. The largest absolute Gasteiger partial charge is 0.481 e. The second-order valence-corrected chi connectivity index (χ2v) is 5.82. The highest BCUT2D eigenvalue weighted by Crippen LogP contribution is 2.26. The van der Waals surface area contributed by atoms with Gasteiger partial charge in [-0.3, -0.25) is 9.59 Å². The van der Waals surface area contributed by atoms with E-state index in [0.717, 1.165) is 6.42 Å². The number of rotatable bonds is 5. The van der Waals surface area contributed by atoms with Gasteiger partial charge in [-0.05, 0) is 18.8 Å². The summed E-state index contributed by atoms with van der Waals surface area (Å²) < 4.78 is 5.25. The van der Waals surface area contributed by atoms with Crippen molar-refractivity contribution in [2.75, 3.05) is 13.2 Å². The lowest BCUT2D eigenvalue weighted by molar-refractivity contribution is -0.139. The van der Waals surface area contributed by atoms with Gasteiger partial charge in [0.1, 0.15) is 0 Å². The molecule has 1 saturated heterocycles. The van der Waals surface area contributed by atoms with Gasteiger partial charge in [-0.2, -0.15) is 0 Å². The zero-order valence-electron chi connectivity index (χ0n) is 10.7. The molecular weight excluding hydrogens is 222 g/mol. The van der Waals surface area contributed by atoms with Crippen molar-refractivity contribution in [3.05, 3.63) is 0 Å². The van der Waals surface area contributed by atoms with Crippen LogP contribution >= 0.6 is 0 Å². The SMILES string of the molecule is CC(C)(CC(=O)O)CC(=O)NC1(C)CCOC1. The molecule has 0 aromatic heterocycles. The summed E-state index contributed by atoms with van der Waals surface area (Å²) in [6.45, 7) is 6.71. The smallest absolute Gasteiger partial charge is 0.303 e. The van der Waals surface area contributed by atoms with Gasteiger partial charge in [-0.25, -0.2) is 0 Å². The molecule has 1 rings (SSSR count). The van der Waals surface area contributed by atoms with Crippen LogP contribution in [0, 0.1) is 5.41 Å². The van der Waals surface area contributed by atoms with Gasteiger partial charge in [-0.15, -0.1) is 0 Å². The Balaban J connectivity index is 2.46. The van der Waals surface area contributed by atoms with Crippen molar-refractivity contribution in [3.8, 4) is 0 Å². The summed E-state index contributed by atoms with van der Waals surface area (Å²) in [5.41, 5.74) is -0.817. The summed E-state index contributed by atoms with van der Waals surface area (Å²) in [4.78, 5) is 22.5. The van der Waals surface area contributed by atoms with Crippen LogP contribution in [0.15, 0.2) is 0 Å². The molecule has 1 heterocycles. The third kappa shape index (κ3) is 4.73. The summed E-state index contributed by atoms with van der Waals surface area (Å²) in [6, 6.07) is 0. The van der Waals surface area contributed by atoms with Crippen LogP contribution in [0.25, 0.3) is 0 Å². The molecule has 5 heteroatoms. The van der Waals surface area contributed by atoms with E-state index in [9.17, 15) is 9.59 Å². The van der Waals surface area contributed by atoms with Crippen LogP contribution in [0.5, 0.6) is 0 Å². The van der Waals surface area contributed by atoms with E-state index < -0.39 is 11.4 Å². The van der Waals surface area contributed by atoms with E-state index in [1.54, 1.807) is 13.8 Å². The topological polar surface area (TPSA) is 75.6 Å². The van der Waals surface area contributed by atoms with Crippen LogP contribution in [0.2, 0.25) is 0 Å². The van der Waals surface area contributed by atoms with Crippen LogP contribution in [0.1, 0.15) is 40.0 Å². The molecule has 0 bridgehead atoms. The minimum atomic E-state index is -0.877. The van der Waals surface area contributed by atoms with Crippen molar-refractivity contribution in [2.24, 2.45) is 5.41 Å². The lowest BCUT2D eigenvalue weighted by Gasteiger charge is -2.27. The third-order valence-electron chi connectivity index (χ3n) is 2.93. The van der Waals surface area contributed by atoms with Crippen LogP contribution in [-0.2, 0) is 14.3 Å². The molecule has 0 saturated carbocycles. The maximum atomic E-state index is 11.8. The molecule has 0 aliphatic carbocycles. The van der Waals surface area contributed by atoms with Crippen molar-refractivity contribution >= 4 is 11.9 Å². The first kappa shape index (κ1) is 14.0. The fraction of sp³-hybridized carbons (Fsp3) is 0.833. The Labute approximate surface area is 102 Å². The zero-order valence-corrected chi connectivity index (χ0v) is 10.7. The van der Waals surface area contributed by atoms with Crippen molar-refractivity contribution in [1.82, 2.24) is 5.32 Å². The Morgan fingerprint density at radius 2 is 2.06 bits per heavy atom. The Morgan fingerprint density at radius 1 is 1.41 bits per heavy atom. The van der Waals surface area contributed by atoms with E-state index in [4.69, 9.17) is 9.84 Å². The normalized spacial score (nSPS) is 24.6. The Kier molecular flexibility index (Phi) is 4.14. The van der Waals surface area contributed by atoms with E-state index in [1.165, 1.54) is 0 Å². The molecule has 98 valence electrons. The highest BCUT2D eigenvalue weighted by Gasteiger charge is 2.33. The summed E-state index contributed by atoms with van der Waals surface area (Å²) in [7, 11) is 0. The van der Waals surface area contributed by atoms with Gasteiger partial charge >= 0.3 is 5.97 Å². The van der Waals surface area contributed by atoms with Gasteiger partial charge in [0.05, 0.1) is 18.6 Å². The molecule has 5 nitrogen and oxygen atoms in total. The average molecular weight is 243 g/mol. The number of amides is 1. The lowest BCUT2D eigenvalue weighted by Crippen LogP contribution is -2.47. The van der Waals surface area contributed by atoms with Gasteiger partial charge in [0.25, 0.3) is 0 Å². The van der Waals surface area contributed by atoms with Crippen LogP contribution in [0.3, 0.4) is 0 Å². The van der Waals surface area contributed by atoms with E-state index in [2.05, 4.69) is 5.32 Å². The van der Waals surface area contributed by atoms with Crippen molar-refractivity contribution in [3.63, 3.8) is 0 Å². The molecular formula is C12H21NO4. The second-order valence-electron chi connectivity index (χ2n) is 5.82. The summed E-state index contributed by atoms with van der Waals surface area (Å²) in [5.74, 6) is -0.984. The number of carboxylic acid groups (broad SMARTS) is 1. The summed E-state index contributed by atoms with van der Waals surface area (Å²) in [5, 5.41) is 11.7. The quantitative estimate of drug-likeness (QED) is 0.760. The summed E-state index contributed by atoms with van der Waals surface area (Å²) >= 11 is 0. The number of carbonyl (C=O) groups excluding carboxylic acids is 1. The molecule has 1 atom stereocenters. The lowest BCUT2D eigenvalue weighted by atomic mass is 9.85. The van der Waals surface area contributed by atoms with Gasteiger partial charge in [-0.1, -0.05) is 13.8 Å². The zero-order chi connectivity index (χ0) is 13.1. The average Bonchev–Trinajstić information content (AvgIpc) is 2.46. The third-order valence-corrected chi connectivity index (χ3v) is 2.93. The Morgan fingerprint density at radius 3 is 2.53 bits per heavy atom.